The summed E-state index contributed by atoms with van der Waals surface area (Å²) in [5.74, 6) is 0.692. The quantitative estimate of drug-likeness (QED) is 0.763. The van der Waals surface area contributed by atoms with Crippen molar-refractivity contribution < 1.29 is 4.21 Å². The topological polar surface area (TPSA) is 68.9 Å². The number of aromatic nitrogens is 2. The summed E-state index contributed by atoms with van der Waals surface area (Å²) in [7, 11) is -1.30. The van der Waals surface area contributed by atoms with Crippen LogP contribution in [0.3, 0.4) is 0 Å². The molecule has 0 aliphatic heterocycles. The average Bonchev–Trinajstić information content (AvgIpc) is 2.08. The lowest BCUT2D eigenvalue weighted by Crippen LogP contribution is -2.21. The highest BCUT2D eigenvalue weighted by Crippen LogP contribution is 2.00. The lowest BCUT2D eigenvalue weighted by molar-refractivity contribution is 0.670. The molecule has 0 fully saturated rings. The molecule has 0 saturated heterocycles. The molecule has 0 spiro atoms. The Morgan fingerprint density at radius 1 is 1.54 bits per heavy atom. The zero-order valence-electron chi connectivity index (χ0n) is 7.73. The highest BCUT2D eigenvalue weighted by molar-refractivity contribution is 7.83. The number of hydrogen-bond donors (Lipinski definition) is 1. The van der Waals surface area contributed by atoms with Crippen molar-refractivity contribution in [3.63, 3.8) is 0 Å². The van der Waals surface area contributed by atoms with Crippen molar-refractivity contribution in [1.82, 2.24) is 9.97 Å². The van der Waals surface area contributed by atoms with E-state index in [1.165, 1.54) is 0 Å². The van der Waals surface area contributed by atoms with Crippen LogP contribution >= 0.6 is 0 Å². The van der Waals surface area contributed by atoms with Crippen LogP contribution < -0.4 is 5.14 Å². The van der Waals surface area contributed by atoms with Crippen molar-refractivity contribution in [3.05, 3.63) is 23.8 Å². The number of nitrogens with two attached hydrogens (primary N) is 1. The number of aryl methyl sites for hydroxylation is 1. The second kappa shape index (κ2) is 4.43. The molecule has 0 amide bonds. The van der Waals surface area contributed by atoms with Crippen LogP contribution in [-0.4, -0.2) is 19.4 Å². The summed E-state index contributed by atoms with van der Waals surface area (Å²) in [6, 6.07) is 0. The summed E-state index contributed by atoms with van der Waals surface area (Å²) in [5, 5.41) is 5.14. The van der Waals surface area contributed by atoms with Gasteiger partial charge in [0.25, 0.3) is 0 Å². The van der Waals surface area contributed by atoms with Crippen molar-refractivity contribution in [2.24, 2.45) is 5.14 Å². The Balaban J connectivity index is 2.64. The second-order valence-corrected chi connectivity index (χ2v) is 4.48. The zero-order chi connectivity index (χ0) is 9.84. The lowest BCUT2D eigenvalue weighted by atomic mass is 10.3. The molecule has 1 heterocycles. The monoisotopic (exact) mass is 199 g/mol. The first-order chi connectivity index (χ1) is 6.09. The Kier molecular flexibility index (Phi) is 3.50. The van der Waals surface area contributed by atoms with Crippen molar-refractivity contribution in [3.8, 4) is 0 Å². The summed E-state index contributed by atoms with van der Waals surface area (Å²) in [5.41, 5.74) is 1.02. The van der Waals surface area contributed by atoms with E-state index in [0.29, 0.717) is 12.2 Å². The van der Waals surface area contributed by atoms with Crippen molar-refractivity contribution in [1.29, 1.82) is 0 Å². The number of hydrogen-bond acceptors (Lipinski definition) is 3. The summed E-state index contributed by atoms with van der Waals surface area (Å²) in [6.45, 7) is 3.74. The van der Waals surface area contributed by atoms with Crippen molar-refractivity contribution >= 4 is 11.0 Å². The molecule has 0 aliphatic carbocycles. The summed E-state index contributed by atoms with van der Waals surface area (Å²) in [6.07, 6.45) is 4.05. The zero-order valence-corrected chi connectivity index (χ0v) is 8.54. The highest BCUT2D eigenvalue weighted by atomic mass is 32.2. The Morgan fingerprint density at radius 3 is 2.54 bits per heavy atom. The van der Waals surface area contributed by atoms with Crippen LogP contribution in [0.5, 0.6) is 0 Å². The average molecular weight is 199 g/mol. The molecule has 72 valence electrons. The van der Waals surface area contributed by atoms with Crippen molar-refractivity contribution in [2.45, 2.75) is 25.5 Å². The molecule has 0 aromatic carbocycles. The molecule has 0 bridgehead atoms. The van der Waals surface area contributed by atoms with Gasteiger partial charge in [-0.1, -0.05) is 0 Å². The Hall–Kier alpha value is -0.810. The van der Waals surface area contributed by atoms with Crippen molar-refractivity contribution in [2.75, 3.05) is 0 Å². The molecule has 2 unspecified atom stereocenters. The van der Waals surface area contributed by atoms with E-state index in [1.807, 2.05) is 13.8 Å². The number of rotatable bonds is 3. The molecular formula is C8H13N3OS. The molecule has 1 aromatic heterocycles. The molecule has 1 aromatic rings. The van der Waals surface area contributed by atoms with Gasteiger partial charge >= 0.3 is 0 Å². The van der Waals surface area contributed by atoms with E-state index in [4.69, 9.17) is 5.14 Å². The van der Waals surface area contributed by atoms with Crippen LogP contribution in [0.4, 0.5) is 0 Å². The van der Waals surface area contributed by atoms with Crippen LogP contribution in [-0.2, 0) is 17.4 Å². The maximum absolute atomic E-state index is 10.8. The second-order valence-electron chi connectivity index (χ2n) is 3.02. The fourth-order valence-electron chi connectivity index (χ4n) is 0.864. The van der Waals surface area contributed by atoms with Crippen LogP contribution in [0.1, 0.15) is 18.3 Å². The molecule has 1 rings (SSSR count). The summed E-state index contributed by atoms with van der Waals surface area (Å²) in [4.78, 5) is 8.20. The molecule has 0 saturated carbocycles. The molecule has 0 radical (unpaired) electrons. The summed E-state index contributed by atoms with van der Waals surface area (Å²) >= 11 is 0. The third-order valence-corrected chi connectivity index (χ3v) is 2.66. The van der Waals surface area contributed by atoms with E-state index >= 15 is 0 Å². The minimum absolute atomic E-state index is 0.0947. The summed E-state index contributed by atoms with van der Waals surface area (Å²) < 4.78 is 10.8. The molecule has 4 nitrogen and oxygen atoms in total. The van der Waals surface area contributed by atoms with Crippen LogP contribution in [0.2, 0.25) is 0 Å². The van der Waals surface area contributed by atoms with Gasteiger partial charge in [0.1, 0.15) is 5.82 Å². The van der Waals surface area contributed by atoms with Gasteiger partial charge in [-0.25, -0.2) is 14.2 Å². The maximum Gasteiger partial charge on any atom is 0.129 e. The maximum atomic E-state index is 10.8. The highest BCUT2D eigenvalue weighted by Gasteiger charge is 2.09. The Morgan fingerprint density at radius 2 is 2.08 bits per heavy atom. The van der Waals surface area contributed by atoms with E-state index in [1.54, 1.807) is 12.4 Å². The molecule has 13 heavy (non-hydrogen) atoms. The van der Waals surface area contributed by atoms with Crippen LogP contribution in [0.15, 0.2) is 12.4 Å². The van der Waals surface area contributed by atoms with Gasteiger partial charge in [0.15, 0.2) is 0 Å². The Labute approximate surface area is 80.2 Å². The smallest absolute Gasteiger partial charge is 0.129 e. The van der Waals surface area contributed by atoms with Gasteiger partial charge in [-0.3, -0.25) is 5.14 Å². The van der Waals surface area contributed by atoms with E-state index in [9.17, 15) is 4.21 Å². The molecule has 0 aliphatic rings. The minimum Gasteiger partial charge on any atom is -0.252 e. The van der Waals surface area contributed by atoms with Gasteiger partial charge in [-0.2, -0.15) is 0 Å². The van der Waals surface area contributed by atoms with Gasteiger partial charge < -0.3 is 0 Å². The van der Waals surface area contributed by atoms with E-state index < -0.39 is 11.0 Å². The molecule has 5 heteroatoms. The fraction of sp³-hybridized carbons (Fsp3) is 0.500. The van der Waals surface area contributed by atoms with E-state index in [-0.39, 0.29) is 5.25 Å². The van der Waals surface area contributed by atoms with Gasteiger partial charge in [0.05, 0.1) is 16.2 Å². The van der Waals surface area contributed by atoms with Gasteiger partial charge in [-0.15, -0.1) is 0 Å². The third-order valence-electron chi connectivity index (χ3n) is 1.70. The van der Waals surface area contributed by atoms with Crippen LogP contribution in [0, 0.1) is 6.92 Å². The van der Waals surface area contributed by atoms with Gasteiger partial charge in [0, 0.05) is 18.8 Å². The molecular weight excluding hydrogens is 186 g/mol. The first-order valence-electron chi connectivity index (χ1n) is 4.02. The van der Waals surface area contributed by atoms with Gasteiger partial charge in [-0.05, 0) is 19.4 Å². The van der Waals surface area contributed by atoms with Gasteiger partial charge in [0.2, 0.25) is 0 Å². The van der Waals surface area contributed by atoms with E-state index in [2.05, 4.69) is 9.97 Å². The van der Waals surface area contributed by atoms with Crippen LogP contribution in [0.25, 0.3) is 0 Å². The predicted molar refractivity (Wildman–Crippen MR) is 52.3 cm³/mol. The van der Waals surface area contributed by atoms with E-state index in [0.717, 1.165) is 5.56 Å². The minimum atomic E-state index is -1.30. The normalized spacial score (nSPS) is 15.3. The SMILES string of the molecule is Cc1cnc(CC(C)S(N)=O)nc1. The standard InChI is InChI=1S/C8H13N3OS/c1-6-4-10-8(11-5-6)3-7(2)13(9)12/h4-5,7H,3,9H2,1-2H3. The third kappa shape index (κ3) is 3.20. The lowest BCUT2D eigenvalue weighted by Gasteiger charge is -2.05. The molecule has 2 atom stereocenters. The molecule has 2 N–H and O–H groups in total. The first-order valence-corrected chi connectivity index (χ1v) is 5.29. The Bertz CT molecular complexity index is 299. The predicted octanol–water partition coefficient (Wildman–Crippen LogP) is 0.338. The number of nitrogens with zero attached hydrogens (tertiary/aromatic N) is 2. The largest absolute Gasteiger partial charge is 0.252 e. The first kappa shape index (κ1) is 10.3. The fourth-order valence-corrected chi connectivity index (χ4v) is 1.18.